The Labute approximate surface area is 177 Å². The molecule has 3 aromatic carbocycles. The van der Waals surface area contributed by atoms with Gasteiger partial charge in [-0.1, -0.05) is 60.2 Å². The van der Waals surface area contributed by atoms with Crippen molar-refractivity contribution in [2.45, 2.75) is 6.92 Å². The first-order chi connectivity index (χ1) is 15.1. The van der Waals surface area contributed by atoms with Crippen LogP contribution in [0.4, 0.5) is 0 Å². The zero-order chi connectivity index (χ0) is 21.8. The Hall–Kier alpha value is -4.23. The first kappa shape index (κ1) is 20.1. The lowest BCUT2D eigenvalue weighted by molar-refractivity contribution is 0.0138. The number of rotatable bonds is 5. The van der Waals surface area contributed by atoms with Gasteiger partial charge in [0.2, 0.25) is 0 Å². The first-order valence-corrected chi connectivity index (χ1v) is 9.59. The number of hydrogen-bond acceptors (Lipinski definition) is 5. The number of amides is 1. The molecule has 1 heterocycles. The van der Waals surface area contributed by atoms with E-state index in [1.165, 1.54) is 4.57 Å². The maximum Gasteiger partial charge on any atom is 0.360 e. The molecule has 7 heteroatoms. The SMILES string of the molecule is Cc1c(C(=O)ONNC(=O)c2ccccc2)c2ccccc2c(=O)n1-c1ccccc1. The summed E-state index contributed by atoms with van der Waals surface area (Å²) in [4.78, 5) is 43.3. The number of nitrogens with zero attached hydrogens (tertiary/aromatic N) is 1. The Bertz CT molecular complexity index is 1320. The van der Waals surface area contributed by atoms with Gasteiger partial charge >= 0.3 is 5.97 Å². The smallest absolute Gasteiger partial charge is 0.346 e. The molecule has 31 heavy (non-hydrogen) atoms. The van der Waals surface area contributed by atoms with E-state index >= 15 is 0 Å². The van der Waals surface area contributed by atoms with Gasteiger partial charge in [0.05, 0.1) is 5.56 Å². The van der Waals surface area contributed by atoms with Gasteiger partial charge in [0.15, 0.2) is 0 Å². The third kappa shape index (κ3) is 3.94. The van der Waals surface area contributed by atoms with Crippen LogP contribution < -0.4 is 16.6 Å². The number of nitrogens with one attached hydrogen (secondary N) is 2. The van der Waals surface area contributed by atoms with Crippen LogP contribution in [-0.4, -0.2) is 16.4 Å². The summed E-state index contributed by atoms with van der Waals surface area (Å²) in [5, 5.41) is 0.857. The molecule has 4 rings (SSSR count). The van der Waals surface area contributed by atoms with E-state index in [2.05, 4.69) is 11.0 Å². The number of benzene rings is 3. The topological polar surface area (TPSA) is 89.4 Å². The Balaban J connectivity index is 1.67. The highest BCUT2D eigenvalue weighted by Crippen LogP contribution is 2.22. The molecule has 0 fully saturated rings. The lowest BCUT2D eigenvalue weighted by Gasteiger charge is -2.16. The average Bonchev–Trinajstić information content (AvgIpc) is 2.80. The summed E-state index contributed by atoms with van der Waals surface area (Å²) < 4.78 is 1.47. The van der Waals surface area contributed by atoms with Crippen molar-refractivity contribution in [1.82, 2.24) is 15.6 Å². The van der Waals surface area contributed by atoms with Gasteiger partial charge in [-0.25, -0.2) is 4.79 Å². The molecule has 0 aliphatic rings. The van der Waals surface area contributed by atoms with E-state index in [1.54, 1.807) is 73.7 Å². The quantitative estimate of drug-likeness (QED) is 0.490. The molecule has 4 aromatic rings. The average molecular weight is 413 g/mol. The van der Waals surface area contributed by atoms with Gasteiger partial charge in [0, 0.05) is 27.7 Å². The predicted molar refractivity (Wildman–Crippen MR) is 117 cm³/mol. The van der Waals surface area contributed by atoms with Crippen LogP contribution in [0.5, 0.6) is 0 Å². The normalized spacial score (nSPS) is 10.6. The lowest BCUT2D eigenvalue weighted by atomic mass is 10.0. The summed E-state index contributed by atoms with van der Waals surface area (Å²) in [5.74, 6) is -1.18. The van der Waals surface area contributed by atoms with Gasteiger partial charge in [-0.15, -0.1) is 0 Å². The number of hydrogen-bond donors (Lipinski definition) is 2. The zero-order valence-corrected chi connectivity index (χ0v) is 16.7. The second-order valence-corrected chi connectivity index (χ2v) is 6.79. The standard InChI is InChI=1S/C24H19N3O4/c1-16-21(24(30)31-26-25-22(28)17-10-4-2-5-11-17)19-14-8-9-15-20(19)23(29)27(16)18-12-6-3-7-13-18/h2-15,26H,1H3,(H,25,28). The minimum atomic E-state index is -0.730. The number of carbonyl (C=O) groups is 2. The molecule has 2 N–H and O–H groups in total. The second kappa shape index (κ2) is 8.64. The number of pyridine rings is 1. The number of carbonyl (C=O) groups excluding carboxylic acids is 2. The first-order valence-electron chi connectivity index (χ1n) is 9.59. The van der Waals surface area contributed by atoms with Crippen molar-refractivity contribution < 1.29 is 14.4 Å². The molecular formula is C24H19N3O4. The highest BCUT2D eigenvalue weighted by molar-refractivity contribution is 6.05. The van der Waals surface area contributed by atoms with Crippen LogP contribution >= 0.6 is 0 Å². The van der Waals surface area contributed by atoms with Crippen molar-refractivity contribution >= 4 is 22.6 Å². The minimum absolute atomic E-state index is 0.223. The van der Waals surface area contributed by atoms with Gasteiger partial charge in [-0.3, -0.25) is 19.6 Å². The Kier molecular flexibility index (Phi) is 5.59. The van der Waals surface area contributed by atoms with Crippen LogP contribution in [0.15, 0.2) is 89.7 Å². The van der Waals surface area contributed by atoms with Crippen LogP contribution in [0.25, 0.3) is 16.5 Å². The molecule has 0 radical (unpaired) electrons. The fourth-order valence-corrected chi connectivity index (χ4v) is 3.44. The van der Waals surface area contributed by atoms with E-state index < -0.39 is 11.9 Å². The van der Waals surface area contributed by atoms with Crippen LogP contribution in [0.1, 0.15) is 26.4 Å². The Morgan fingerprint density at radius 2 is 1.39 bits per heavy atom. The number of fused-ring (bicyclic) bond motifs is 1. The molecule has 0 saturated carbocycles. The summed E-state index contributed by atoms with van der Waals surface area (Å²) in [6.45, 7) is 1.68. The molecule has 0 atom stereocenters. The third-order valence-electron chi connectivity index (χ3n) is 4.89. The summed E-state index contributed by atoms with van der Waals surface area (Å²) >= 11 is 0. The van der Waals surface area contributed by atoms with E-state index in [0.717, 1.165) is 0 Å². The third-order valence-corrected chi connectivity index (χ3v) is 4.89. The van der Waals surface area contributed by atoms with Gasteiger partial charge in [0.25, 0.3) is 11.5 Å². The summed E-state index contributed by atoms with van der Waals surface area (Å²) in [5.41, 5.74) is 5.99. The Morgan fingerprint density at radius 3 is 2.06 bits per heavy atom. The summed E-state index contributed by atoms with van der Waals surface area (Å²) in [6, 6.07) is 24.4. The van der Waals surface area contributed by atoms with Crippen LogP contribution in [0.3, 0.4) is 0 Å². The molecule has 0 spiro atoms. The molecular weight excluding hydrogens is 394 g/mol. The summed E-state index contributed by atoms with van der Waals surface area (Å²) in [7, 11) is 0. The zero-order valence-electron chi connectivity index (χ0n) is 16.7. The summed E-state index contributed by atoms with van der Waals surface area (Å²) in [6.07, 6.45) is 0. The van der Waals surface area contributed by atoms with Gasteiger partial charge in [-0.05, 0) is 37.3 Å². The molecule has 1 amide bonds. The molecule has 0 saturated heterocycles. The number of hydrazine groups is 1. The van der Waals surface area contributed by atoms with Crippen LogP contribution in [0, 0.1) is 6.92 Å². The molecule has 0 bridgehead atoms. The van der Waals surface area contributed by atoms with Crippen molar-refractivity contribution in [3.63, 3.8) is 0 Å². The second-order valence-electron chi connectivity index (χ2n) is 6.79. The highest BCUT2D eigenvalue weighted by atomic mass is 16.7. The van der Waals surface area contributed by atoms with Gasteiger partial charge in [0.1, 0.15) is 0 Å². The maximum atomic E-state index is 13.1. The molecule has 0 unspecified atom stereocenters. The van der Waals surface area contributed by atoms with Crippen molar-refractivity contribution in [3.05, 3.63) is 112 Å². The van der Waals surface area contributed by atoms with Gasteiger partial charge < -0.3 is 4.84 Å². The van der Waals surface area contributed by atoms with Crippen molar-refractivity contribution in [2.75, 3.05) is 0 Å². The Morgan fingerprint density at radius 1 is 0.806 bits per heavy atom. The monoisotopic (exact) mass is 413 g/mol. The van der Waals surface area contributed by atoms with Crippen molar-refractivity contribution in [2.24, 2.45) is 0 Å². The van der Waals surface area contributed by atoms with Crippen LogP contribution in [0.2, 0.25) is 0 Å². The fraction of sp³-hybridized carbons (Fsp3) is 0.0417. The number of para-hydroxylation sites is 1. The van der Waals surface area contributed by atoms with E-state index in [-0.39, 0.29) is 11.1 Å². The van der Waals surface area contributed by atoms with E-state index in [4.69, 9.17) is 4.84 Å². The fourth-order valence-electron chi connectivity index (χ4n) is 3.44. The largest absolute Gasteiger partial charge is 0.360 e. The van der Waals surface area contributed by atoms with E-state index in [9.17, 15) is 14.4 Å². The molecule has 1 aromatic heterocycles. The maximum absolute atomic E-state index is 13.1. The predicted octanol–water partition coefficient (Wildman–Crippen LogP) is 3.31. The van der Waals surface area contributed by atoms with E-state index in [0.29, 0.717) is 27.7 Å². The van der Waals surface area contributed by atoms with Crippen molar-refractivity contribution in [1.29, 1.82) is 0 Å². The molecule has 154 valence electrons. The molecule has 7 nitrogen and oxygen atoms in total. The van der Waals surface area contributed by atoms with E-state index in [1.807, 2.05) is 18.2 Å². The molecule has 0 aliphatic carbocycles. The minimum Gasteiger partial charge on any atom is -0.346 e. The lowest BCUT2D eigenvalue weighted by Crippen LogP contribution is -2.39. The number of aromatic nitrogens is 1. The molecule has 0 aliphatic heterocycles. The highest BCUT2D eigenvalue weighted by Gasteiger charge is 2.21. The van der Waals surface area contributed by atoms with Crippen molar-refractivity contribution in [3.8, 4) is 5.69 Å². The van der Waals surface area contributed by atoms with Crippen LogP contribution in [-0.2, 0) is 4.84 Å². The van der Waals surface area contributed by atoms with Gasteiger partial charge in [-0.2, -0.15) is 0 Å².